The van der Waals surface area contributed by atoms with E-state index in [4.69, 9.17) is 0 Å². The van der Waals surface area contributed by atoms with Crippen LogP contribution in [0.2, 0.25) is 0 Å². The summed E-state index contributed by atoms with van der Waals surface area (Å²) in [5, 5.41) is 9.59. The number of thiophene rings is 1. The third kappa shape index (κ3) is 2.61. The summed E-state index contributed by atoms with van der Waals surface area (Å²) in [6.45, 7) is 2.20. The summed E-state index contributed by atoms with van der Waals surface area (Å²) in [6, 6.07) is 15.0. The van der Waals surface area contributed by atoms with Crippen molar-refractivity contribution in [3.05, 3.63) is 53.4 Å². The molecule has 0 bridgehead atoms. The molecule has 3 rings (SSSR count). The molecule has 0 aliphatic rings. The lowest BCUT2D eigenvalue weighted by Crippen LogP contribution is -1.83. The quantitative estimate of drug-likeness (QED) is 0.726. The normalized spacial score (nSPS) is 10.8. The van der Waals surface area contributed by atoms with E-state index >= 15 is 0 Å². The standard InChI is InChI=1S/C16H16N2S/c1-2-4-12-6-8-13(9-7-12)14-11-15(18-17-14)16-5-3-10-19-16/h3,5-11H,2,4H2,1H3,(H,17,18). The summed E-state index contributed by atoms with van der Waals surface area (Å²) >= 11 is 1.72. The lowest BCUT2D eigenvalue weighted by atomic mass is 10.1. The highest BCUT2D eigenvalue weighted by Gasteiger charge is 2.06. The molecule has 0 aliphatic carbocycles. The summed E-state index contributed by atoms with van der Waals surface area (Å²) in [4.78, 5) is 1.22. The number of hydrogen-bond donors (Lipinski definition) is 1. The molecule has 0 aliphatic heterocycles. The van der Waals surface area contributed by atoms with Gasteiger partial charge in [0.2, 0.25) is 0 Å². The Morgan fingerprint density at radius 1 is 1.16 bits per heavy atom. The first-order valence-electron chi connectivity index (χ1n) is 6.55. The lowest BCUT2D eigenvalue weighted by molar-refractivity contribution is 0.922. The minimum absolute atomic E-state index is 1.01. The number of nitrogens with one attached hydrogen (secondary N) is 1. The Morgan fingerprint density at radius 3 is 2.68 bits per heavy atom. The predicted octanol–water partition coefficient (Wildman–Crippen LogP) is 4.76. The number of aromatic amines is 1. The van der Waals surface area contributed by atoms with Crippen LogP contribution in [0.25, 0.3) is 21.8 Å². The van der Waals surface area contributed by atoms with Crippen LogP contribution < -0.4 is 0 Å². The Balaban J connectivity index is 1.86. The fourth-order valence-corrected chi connectivity index (χ4v) is 2.85. The lowest BCUT2D eigenvalue weighted by Gasteiger charge is -2.00. The molecule has 3 heteroatoms. The number of H-pyrrole nitrogens is 1. The van der Waals surface area contributed by atoms with Gasteiger partial charge in [-0.3, -0.25) is 5.10 Å². The van der Waals surface area contributed by atoms with Gasteiger partial charge in [-0.15, -0.1) is 11.3 Å². The highest BCUT2D eigenvalue weighted by molar-refractivity contribution is 7.13. The molecule has 0 spiro atoms. The molecular weight excluding hydrogens is 252 g/mol. The fraction of sp³-hybridized carbons (Fsp3) is 0.188. The molecule has 0 amide bonds. The van der Waals surface area contributed by atoms with Gasteiger partial charge in [0.05, 0.1) is 16.3 Å². The Hall–Kier alpha value is -1.87. The second-order valence-electron chi connectivity index (χ2n) is 4.59. The molecule has 0 unspecified atom stereocenters. The maximum Gasteiger partial charge on any atom is 0.0927 e. The zero-order chi connectivity index (χ0) is 13.1. The fourth-order valence-electron chi connectivity index (χ4n) is 2.16. The van der Waals surface area contributed by atoms with E-state index in [1.165, 1.54) is 22.4 Å². The van der Waals surface area contributed by atoms with Crippen LogP contribution >= 0.6 is 11.3 Å². The summed E-state index contributed by atoms with van der Waals surface area (Å²) in [5.74, 6) is 0. The van der Waals surface area contributed by atoms with Crippen molar-refractivity contribution in [2.75, 3.05) is 0 Å². The van der Waals surface area contributed by atoms with Crippen LogP contribution in [0.15, 0.2) is 47.8 Å². The number of hydrogen-bond acceptors (Lipinski definition) is 2. The average Bonchev–Trinajstić information content (AvgIpc) is 3.11. The van der Waals surface area contributed by atoms with Gasteiger partial charge in [-0.2, -0.15) is 5.10 Å². The van der Waals surface area contributed by atoms with E-state index in [0.717, 1.165) is 17.8 Å². The zero-order valence-electron chi connectivity index (χ0n) is 10.9. The van der Waals surface area contributed by atoms with Gasteiger partial charge in [0.25, 0.3) is 0 Å². The van der Waals surface area contributed by atoms with Crippen molar-refractivity contribution in [2.24, 2.45) is 0 Å². The molecule has 19 heavy (non-hydrogen) atoms. The summed E-state index contributed by atoms with van der Waals surface area (Å²) in [6.07, 6.45) is 2.32. The minimum Gasteiger partial charge on any atom is -0.276 e. The van der Waals surface area contributed by atoms with Gasteiger partial charge in [-0.05, 0) is 29.5 Å². The number of aromatic nitrogens is 2. The average molecular weight is 268 g/mol. The third-order valence-electron chi connectivity index (χ3n) is 3.15. The Labute approximate surface area is 117 Å². The molecule has 0 saturated heterocycles. The van der Waals surface area contributed by atoms with Crippen LogP contribution in [-0.4, -0.2) is 10.2 Å². The van der Waals surface area contributed by atoms with E-state index in [2.05, 4.69) is 65.0 Å². The van der Waals surface area contributed by atoms with Crippen molar-refractivity contribution in [1.29, 1.82) is 0 Å². The number of rotatable bonds is 4. The summed E-state index contributed by atoms with van der Waals surface area (Å²) < 4.78 is 0. The van der Waals surface area contributed by atoms with Gasteiger partial charge >= 0.3 is 0 Å². The second kappa shape index (κ2) is 5.41. The van der Waals surface area contributed by atoms with Crippen LogP contribution in [0.5, 0.6) is 0 Å². The van der Waals surface area contributed by atoms with Crippen LogP contribution in [0.4, 0.5) is 0 Å². The molecule has 2 aromatic heterocycles. The Bertz CT molecular complexity index is 636. The highest BCUT2D eigenvalue weighted by Crippen LogP contribution is 2.27. The minimum atomic E-state index is 1.01. The number of nitrogens with zero attached hydrogens (tertiary/aromatic N) is 1. The molecule has 0 radical (unpaired) electrons. The molecule has 1 N–H and O–H groups in total. The Morgan fingerprint density at radius 2 is 2.00 bits per heavy atom. The van der Waals surface area contributed by atoms with Crippen molar-refractivity contribution in [2.45, 2.75) is 19.8 Å². The first-order chi connectivity index (χ1) is 9.36. The molecule has 96 valence electrons. The molecule has 0 atom stereocenters. The van der Waals surface area contributed by atoms with Crippen molar-refractivity contribution in [3.63, 3.8) is 0 Å². The smallest absolute Gasteiger partial charge is 0.0927 e. The monoisotopic (exact) mass is 268 g/mol. The first kappa shape index (κ1) is 12.2. The number of aryl methyl sites for hydroxylation is 1. The van der Waals surface area contributed by atoms with Gasteiger partial charge in [0.1, 0.15) is 0 Å². The van der Waals surface area contributed by atoms with E-state index in [1.807, 2.05) is 0 Å². The van der Waals surface area contributed by atoms with Gasteiger partial charge in [0, 0.05) is 5.56 Å². The molecule has 0 fully saturated rings. The van der Waals surface area contributed by atoms with E-state index in [9.17, 15) is 0 Å². The van der Waals surface area contributed by atoms with E-state index < -0.39 is 0 Å². The number of benzene rings is 1. The molecule has 2 nitrogen and oxygen atoms in total. The van der Waals surface area contributed by atoms with Crippen molar-refractivity contribution in [1.82, 2.24) is 10.2 Å². The van der Waals surface area contributed by atoms with E-state index in [0.29, 0.717) is 0 Å². The first-order valence-corrected chi connectivity index (χ1v) is 7.43. The molecule has 1 aromatic carbocycles. The third-order valence-corrected chi connectivity index (χ3v) is 4.06. The topological polar surface area (TPSA) is 28.7 Å². The maximum atomic E-state index is 4.40. The van der Waals surface area contributed by atoms with Gasteiger partial charge in [0.15, 0.2) is 0 Å². The van der Waals surface area contributed by atoms with E-state index in [-0.39, 0.29) is 0 Å². The van der Waals surface area contributed by atoms with Gasteiger partial charge < -0.3 is 0 Å². The second-order valence-corrected chi connectivity index (χ2v) is 5.54. The molecule has 2 heterocycles. The molecule has 3 aromatic rings. The molecule has 0 saturated carbocycles. The van der Waals surface area contributed by atoms with Crippen LogP contribution in [-0.2, 0) is 6.42 Å². The van der Waals surface area contributed by atoms with Crippen molar-refractivity contribution in [3.8, 4) is 21.8 Å². The largest absolute Gasteiger partial charge is 0.276 e. The van der Waals surface area contributed by atoms with Crippen molar-refractivity contribution >= 4 is 11.3 Å². The summed E-state index contributed by atoms with van der Waals surface area (Å²) in [7, 11) is 0. The Kier molecular flexibility index (Phi) is 3.47. The van der Waals surface area contributed by atoms with E-state index in [1.54, 1.807) is 11.3 Å². The highest BCUT2D eigenvalue weighted by atomic mass is 32.1. The van der Waals surface area contributed by atoms with Crippen LogP contribution in [0.1, 0.15) is 18.9 Å². The van der Waals surface area contributed by atoms with Gasteiger partial charge in [-0.1, -0.05) is 43.7 Å². The SMILES string of the molecule is CCCc1ccc(-c2cc(-c3cccs3)[nH]n2)cc1. The van der Waals surface area contributed by atoms with Crippen LogP contribution in [0.3, 0.4) is 0 Å². The predicted molar refractivity (Wildman–Crippen MR) is 81.3 cm³/mol. The zero-order valence-corrected chi connectivity index (χ0v) is 11.7. The van der Waals surface area contributed by atoms with Crippen LogP contribution in [0, 0.1) is 0 Å². The maximum absolute atomic E-state index is 4.40. The van der Waals surface area contributed by atoms with Crippen molar-refractivity contribution < 1.29 is 0 Å². The molecular formula is C16H16N2S. The summed E-state index contributed by atoms with van der Waals surface area (Å²) in [5.41, 5.74) is 4.65. The van der Waals surface area contributed by atoms with Gasteiger partial charge in [-0.25, -0.2) is 0 Å².